The van der Waals surface area contributed by atoms with Gasteiger partial charge in [-0.3, -0.25) is 14.5 Å². The summed E-state index contributed by atoms with van der Waals surface area (Å²) >= 11 is 0. The van der Waals surface area contributed by atoms with Crippen molar-refractivity contribution >= 4 is 11.8 Å². The number of ether oxygens (including phenoxy) is 2. The Bertz CT molecular complexity index is 358. The van der Waals surface area contributed by atoms with Crippen LogP contribution < -0.4 is 0 Å². The number of methoxy groups -OCH3 is 1. The lowest BCUT2D eigenvalue weighted by atomic mass is 9.74. The number of hydrogen-bond donors (Lipinski definition) is 0. The summed E-state index contributed by atoms with van der Waals surface area (Å²) in [4.78, 5) is 26.1. The lowest BCUT2D eigenvalue weighted by Crippen LogP contribution is -2.44. The van der Waals surface area contributed by atoms with Crippen LogP contribution in [0.3, 0.4) is 0 Å². The number of nitrogens with zero attached hydrogens (tertiary/aromatic N) is 1. The van der Waals surface area contributed by atoms with E-state index in [0.29, 0.717) is 38.8 Å². The van der Waals surface area contributed by atoms with E-state index in [1.807, 2.05) is 13.8 Å². The topological polar surface area (TPSA) is 55.8 Å². The standard InChI is InChI=1S/C14H23NO4/c1-10-7-14(8-11(2)19-10)9-12(16)15(13(14)17)5-4-6-18-3/h10-11H,4-9H2,1-3H3/t10-,11-/m0/s1. The minimum atomic E-state index is -0.513. The molecule has 0 radical (unpaired) electrons. The van der Waals surface area contributed by atoms with Crippen LogP contribution in [0.15, 0.2) is 0 Å². The van der Waals surface area contributed by atoms with E-state index in [2.05, 4.69) is 0 Å². The molecule has 1 spiro atoms. The Morgan fingerprint density at radius 1 is 1.32 bits per heavy atom. The number of carbonyl (C=O) groups is 2. The van der Waals surface area contributed by atoms with Gasteiger partial charge in [0.2, 0.25) is 11.8 Å². The van der Waals surface area contributed by atoms with Gasteiger partial charge in [0, 0.05) is 26.7 Å². The highest BCUT2D eigenvalue weighted by atomic mass is 16.5. The Morgan fingerprint density at radius 2 is 1.95 bits per heavy atom. The minimum Gasteiger partial charge on any atom is -0.385 e. The van der Waals surface area contributed by atoms with Gasteiger partial charge in [-0.05, 0) is 33.1 Å². The first-order chi connectivity index (χ1) is 8.98. The number of amides is 2. The minimum absolute atomic E-state index is 0.00407. The van der Waals surface area contributed by atoms with Gasteiger partial charge in [-0.1, -0.05) is 0 Å². The van der Waals surface area contributed by atoms with Crippen molar-refractivity contribution in [3.8, 4) is 0 Å². The van der Waals surface area contributed by atoms with Crippen molar-refractivity contribution in [1.29, 1.82) is 0 Å². The van der Waals surface area contributed by atoms with Crippen LogP contribution in [0.5, 0.6) is 0 Å². The van der Waals surface area contributed by atoms with E-state index < -0.39 is 5.41 Å². The summed E-state index contributed by atoms with van der Waals surface area (Å²) < 4.78 is 10.7. The second kappa shape index (κ2) is 5.59. The van der Waals surface area contributed by atoms with Gasteiger partial charge in [0.05, 0.1) is 17.6 Å². The van der Waals surface area contributed by atoms with Crippen LogP contribution in [-0.2, 0) is 19.1 Å². The number of hydrogen-bond acceptors (Lipinski definition) is 4. The summed E-state index contributed by atoms with van der Waals surface area (Å²) in [5, 5.41) is 0. The van der Waals surface area contributed by atoms with Gasteiger partial charge < -0.3 is 9.47 Å². The highest BCUT2D eigenvalue weighted by Gasteiger charge is 2.54. The largest absolute Gasteiger partial charge is 0.385 e. The number of likely N-dealkylation sites (tertiary alicyclic amines) is 1. The third kappa shape index (κ3) is 2.82. The Balaban J connectivity index is 2.08. The molecule has 0 unspecified atom stereocenters. The van der Waals surface area contributed by atoms with E-state index >= 15 is 0 Å². The average Bonchev–Trinajstić information content (AvgIpc) is 2.51. The van der Waals surface area contributed by atoms with Crippen LogP contribution >= 0.6 is 0 Å². The van der Waals surface area contributed by atoms with E-state index in [1.165, 1.54) is 4.90 Å². The van der Waals surface area contributed by atoms with Crippen molar-refractivity contribution in [2.24, 2.45) is 5.41 Å². The van der Waals surface area contributed by atoms with Crippen LogP contribution in [0.25, 0.3) is 0 Å². The summed E-state index contributed by atoms with van der Waals surface area (Å²) in [6, 6.07) is 0. The average molecular weight is 269 g/mol. The fraction of sp³-hybridized carbons (Fsp3) is 0.857. The fourth-order valence-corrected chi connectivity index (χ4v) is 3.45. The van der Waals surface area contributed by atoms with Gasteiger partial charge in [-0.25, -0.2) is 0 Å². The molecule has 0 aromatic heterocycles. The van der Waals surface area contributed by atoms with Crippen LogP contribution in [0, 0.1) is 5.41 Å². The molecule has 2 heterocycles. The predicted molar refractivity (Wildman–Crippen MR) is 69.5 cm³/mol. The normalized spacial score (nSPS) is 35.4. The maximum Gasteiger partial charge on any atom is 0.236 e. The first-order valence-corrected chi connectivity index (χ1v) is 6.98. The SMILES string of the molecule is COCCCN1C(=O)CC2(C[C@H](C)O[C@@H](C)C2)C1=O. The van der Waals surface area contributed by atoms with Crippen LogP contribution in [0.4, 0.5) is 0 Å². The lowest BCUT2D eigenvalue weighted by molar-refractivity contribution is -0.150. The molecule has 0 saturated carbocycles. The molecule has 2 fully saturated rings. The van der Waals surface area contributed by atoms with Crippen molar-refractivity contribution in [3.05, 3.63) is 0 Å². The fourth-order valence-electron chi connectivity index (χ4n) is 3.45. The lowest BCUT2D eigenvalue weighted by Gasteiger charge is -2.38. The summed E-state index contributed by atoms with van der Waals surface area (Å²) in [5.41, 5.74) is -0.513. The van der Waals surface area contributed by atoms with Crippen LogP contribution in [-0.4, -0.2) is 49.2 Å². The maximum absolute atomic E-state index is 12.6. The molecule has 19 heavy (non-hydrogen) atoms. The van der Waals surface area contributed by atoms with E-state index in [-0.39, 0.29) is 24.0 Å². The second-order valence-corrected chi connectivity index (χ2v) is 5.82. The van der Waals surface area contributed by atoms with E-state index in [9.17, 15) is 9.59 Å². The zero-order valence-corrected chi connectivity index (χ0v) is 12.0. The highest BCUT2D eigenvalue weighted by Crippen LogP contribution is 2.45. The van der Waals surface area contributed by atoms with Crippen LogP contribution in [0.1, 0.15) is 39.5 Å². The molecule has 2 aliphatic rings. The monoisotopic (exact) mass is 269 g/mol. The number of imide groups is 1. The summed E-state index contributed by atoms with van der Waals surface area (Å²) in [6.07, 6.45) is 2.44. The molecular weight excluding hydrogens is 246 g/mol. The summed E-state index contributed by atoms with van der Waals surface area (Å²) in [7, 11) is 1.62. The molecular formula is C14H23NO4. The summed E-state index contributed by atoms with van der Waals surface area (Å²) in [6.45, 7) is 4.99. The Hall–Kier alpha value is -0.940. The van der Waals surface area contributed by atoms with E-state index in [0.717, 1.165) is 0 Å². The molecule has 108 valence electrons. The second-order valence-electron chi connectivity index (χ2n) is 5.82. The zero-order valence-electron chi connectivity index (χ0n) is 12.0. The van der Waals surface area contributed by atoms with Gasteiger partial charge in [-0.2, -0.15) is 0 Å². The molecule has 0 N–H and O–H groups in total. The van der Waals surface area contributed by atoms with Crippen LogP contribution in [0.2, 0.25) is 0 Å². The molecule has 2 saturated heterocycles. The maximum atomic E-state index is 12.6. The Labute approximate surface area is 114 Å². The first-order valence-electron chi connectivity index (χ1n) is 6.98. The molecule has 0 bridgehead atoms. The molecule has 0 aromatic rings. The van der Waals surface area contributed by atoms with Crippen molar-refractivity contribution in [2.75, 3.05) is 20.3 Å². The quantitative estimate of drug-likeness (QED) is 0.571. The summed E-state index contributed by atoms with van der Waals surface area (Å²) in [5.74, 6) is -0.0435. The Morgan fingerprint density at radius 3 is 2.53 bits per heavy atom. The van der Waals surface area contributed by atoms with E-state index in [1.54, 1.807) is 7.11 Å². The molecule has 2 rings (SSSR count). The van der Waals surface area contributed by atoms with Gasteiger partial charge in [0.15, 0.2) is 0 Å². The molecule has 5 nitrogen and oxygen atoms in total. The van der Waals surface area contributed by atoms with Gasteiger partial charge in [0.25, 0.3) is 0 Å². The molecule has 0 aromatic carbocycles. The zero-order chi connectivity index (χ0) is 14.0. The highest BCUT2D eigenvalue weighted by molar-refractivity contribution is 6.06. The predicted octanol–water partition coefficient (Wildman–Crippen LogP) is 1.36. The van der Waals surface area contributed by atoms with Crippen molar-refractivity contribution < 1.29 is 19.1 Å². The van der Waals surface area contributed by atoms with Crippen molar-refractivity contribution in [2.45, 2.75) is 51.7 Å². The van der Waals surface area contributed by atoms with Gasteiger partial charge in [0.1, 0.15) is 0 Å². The van der Waals surface area contributed by atoms with Gasteiger partial charge in [-0.15, -0.1) is 0 Å². The third-order valence-electron chi connectivity index (χ3n) is 4.04. The van der Waals surface area contributed by atoms with Gasteiger partial charge >= 0.3 is 0 Å². The molecule has 2 atom stereocenters. The van der Waals surface area contributed by atoms with E-state index in [4.69, 9.17) is 9.47 Å². The smallest absolute Gasteiger partial charge is 0.236 e. The molecule has 5 heteroatoms. The Kier molecular flexibility index (Phi) is 4.26. The third-order valence-corrected chi connectivity index (χ3v) is 4.04. The number of carbonyl (C=O) groups excluding carboxylic acids is 2. The molecule has 0 aliphatic carbocycles. The number of rotatable bonds is 4. The molecule has 2 amide bonds. The van der Waals surface area contributed by atoms with Crippen molar-refractivity contribution in [3.63, 3.8) is 0 Å². The van der Waals surface area contributed by atoms with Crippen molar-refractivity contribution in [1.82, 2.24) is 4.90 Å². The first kappa shape index (κ1) is 14.5. The molecule has 2 aliphatic heterocycles.